The van der Waals surface area contributed by atoms with Crippen molar-refractivity contribution >= 4 is 19.2 Å². The second-order valence-electron chi connectivity index (χ2n) is 6.88. The molecule has 0 saturated carbocycles. The normalized spacial score (nSPS) is 23.5. The quantitative estimate of drug-likeness (QED) is 0.550. The van der Waals surface area contributed by atoms with Crippen LogP contribution in [0.5, 0.6) is 0 Å². The number of rotatable bonds is 10. The van der Waals surface area contributed by atoms with Crippen LogP contribution in [0.2, 0.25) is 6.04 Å². The van der Waals surface area contributed by atoms with Gasteiger partial charge in [0.2, 0.25) is 0 Å². The maximum atomic E-state index is 5.96. The molecular weight excluding hydrogens is 324 g/mol. The summed E-state index contributed by atoms with van der Waals surface area (Å²) in [5.41, 5.74) is 0.229. The second kappa shape index (κ2) is 9.65. The smallest absolute Gasteiger partial charge is 0.374 e. The number of hydrogen-bond acceptors (Lipinski definition) is 5. The highest BCUT2D eigenvalue weighted by atomic mass is 28.4. The van der Waals surface area contributed by atoms with Crippen LogP contribution in [0, 0.1) is 0 Å². The minimum Gasteiger partial charge on any atom is -0.374 e. The Bertz CT molecular complexity index is 328. The summed E-state index contributed by atoms with van der Waals surface area (Å²) in [5, 5.41) is 0. The van der Waals surface area contributed by atoms with Crippen LogP contribution in [0.3, 0.4) is 0 Å². The SMILES string of the molecule is CCO[Si](CCCN1CCN([SiH3])C(C)C1(C)C)(OCC)OCC. The Labute approximate surface area is 147 Å². The highest BCUT2D eigenvalue weighted by molar-refractivity contribution is 6.60. The average molecular weight is 363 g/mol. The number of hydrogen-bond donors (Lipinski definition) is 0. The molecule has 1 aliphatic heterocycles. The third kappa shape index (κ3) is 5.62. The molecule has 1 rings (SSSR count). The highest BCUT2D eigenvalue weighted by Crippen LogP contribution is 2.27. The predicted molar refractivity (Wildman–Crippen MR) is 102 cm³/mol. The molecule has 23 heavy (non-hydrogen) atoms. The van der Waals surface area contributed by atoms with E-state index in [4.69, 9.17) is 13.3 Å². The van der Waals surface area contributed by atoms with Gasteiger partial charge in [-0.2, -0.15) is 0 Å². The van der Waals surface area contributed by atoms with E-state index in [1.165, 1.54) is 6.54 Å². The van der Waals surface area contributed by atoms with E-state index in [9.17, 15) is 0 Å². The summed E-state index contributed by atoms with van der Waals surface area (Å²) in [6.45, 7) is 18.6. The minimum atomic E-state index is -2.49. The van der Waals surface area contributed by atoms with Crippen molar-refractivity contribution in [1.29, 1.82) is 0 Å². The Morgan fingerprint density at radius 1 is 1.04 bits per heavy atom. The molecule has 0 bridgehead atoms. The Kier molecular flexibility index (Phi) is 8.93. The van der Waals surface area contributed by atoms with Gasteiger partial charge in [0.1, 0.15) is 0 Å². The van der Waals surface area contributed by atoms with Gasteiger partial charge < -0.3 is 17.8 Å². The lowest BCUT2D eigenvalue weighted by Gasteiger charge is -2.51. The Balaban J connectivity index is 2.61. The van der Waals surface area contributed by atoms with Crippen LogP contribution in [0.15, 0.2) is 0 Å². The third-order valence-electron chi connectivity index (χ3n) is 5.22. The molecule has 5 nitrogen and oxygen atoms in total. The maximum absolute atomic E-state index is 5.96. The first kappa shape index (κ1) is 21.3. The summed E-state index contributed by atoms with van der Waals surface area (Å²) >= 11 is 0. The molecule has 0 aromatic carbocycles. The summed E-state index contributed by atoms with van der Waals surface area (Å²) in [6, 6.07) is 1.53. The van der Waals surface area contributed by atoms with Crippen LogP contribution in [0.25, 0.3) is 0 Å². The molecule has 1 unspecified atom stereocenters. The summed E-state index contributed by atoms with van der Waals surface area (Å²) in [4.78, 5) is 2.63. The van der Waals surface area contributed by atoms with Gasteiger partial charge >= 0.3 is 8.80 Å². The fraction of sp³-hybridized carbons (Fsp3) is 1.00. The molecule has 0 spiro atoms. The largest absolute Gasteiger partial charge is 0.500 e. The van der Waals surface area contributed by atoms with E-state index in [1.54, 1.807) is 0 Å². The zero-order valence-corrected chi connectivity index (χ0v) is 19.4. The van der Waals surface area contributed by atoms with Gasteiger partial charge in [0.05, 0.1) is 10.4 Å². The van der Waals surface area contributed by atoms with E-state index in [1.807, 2.05) is 20.8 Å². The van der Waals surface area contributed by atoms with Crippen LogP contribution in [0.4, 0.5) is 0 Å². The lowest BCUT2D eigenvalue weighted by atomic mass is 9.91. The van der Waals surface area contributed by atoms with Crippen molar-refractivity contribution in [3.05, 3.63) is 0 Å². The molecule has 138 valence electrons. The van der Waals surface area contributed by atoms with Gasteiger partial charge in [-0.25, -0.2) is 0 Å². The van der Waals surface area contributed by atoms with Gasteiger partial charge in [-0.1, -0.05) is 0 Å². The van der Waals surface area contributed by atoms with E-state index in [0.717, 1.165) is 36.0 Å². The van der Waals surface area contributed by atoms with Crippen molar-refractivity contribution in [3.8, 4) is 0 Å². The topological polar surface area (TPSA) is 34.2 Å². The third-order valence-corrected chi connectivity index (χ3v) is 9.60. The van der Waals surface area contributed by atoms with Crippen LogP contribution in [-0.4, -0.2) is 79.7 Å². The van der Waals surface area contributed by atoms with Crippen molar-refractivity contribution in [1.82, 2.24) is 9.47 Å². The summed E-state index contributed by atoms with van der Waals surface area (Å²) in [6.07, 6.45) is 1.07. The predicted octanol–water partition coefficient (Wildman–Crippen LogP) is 1.49. The first-order chi connectivity index (χ1) is 10.8. The lowest BCUT2D eigenvalue weighted by Crippen LogP contribution is -2.63. The van der Waals surface area contributed by atoms with Gasteiger partial charge in [-0.3, -0.25) is 4.90 Å². The van der Waals surface area contributed by atoms with Gasteiger partial charge in [0, 0.05) is 50.5 Å². The second-order valence-corrected chi connectivity index (χ2v) is 10.8. The molecular formula is C16H38N2O3Si2. The first-order valence-corrected chi connectivity index (χ1v) is 12.0. The molecule has 1 atom stereocenters. The zero-order valence-electron chi connectivity index (χ0n) is 16.4. The molecule has 0 aromatic rings. The first-order valence-electron chi connectivity index (χ1n) is 9.20. The summed E-state index contributed by atoms with van der Waals surface area (Å²) in [7, 11) is -1.34. The molecule has 0 N–H and O–H groups in total. The van der Waals surface area contributed by atoms with Crippen molar-refractivity contribution in [2.75, 3.05) is 39.5 Å². The Morgan fingerprint density at radius 3 is 2.04 bits per heavy atom. The van der Waals surface area contributed by atoms with E-state index >= 15 is 0 Å². The van der Waals surface area contributed by atoms with E-state index in [0.29, 0.717) is 25.9 Å². The van der Waals surface area contributed by atoms with Crippen molar-refractivity contribution < 1.29 is 13.3 Å². The standard InChI is InChI=1S/C16H38N2O3Si2/c1-7-19-23(20-8-2,21-9-3)14-10-11-17-12-13-18(22)15(4)16(17,5)6/h15H,7-14H2,1-6,22H3. The number of nitrogens with zero attached hydrogens (tertiary/aromatic N) is 2. The van der Waals surface area contributed by atoms with E-state index in [-0.39, 0.29) is 5.54 Å². The molecule has 7 heteroatoms. The molecule has 0 amide bonds. The molecule has 0 aliphatic carbocycles. The van der Waals surface area contributed by atoms with Gasteiger partial charge in [0.15, 0.2) is 0 Å². The van der Waals surface area contributed by atoms with Crippen LogP contribution < -0.4 is 0 Å². The van der Waals surface area contributed by atoms with Gasteiger partial charge in [-0.15, -0.1) is 0 Å². The van der Waals surface area contributed by atoms with Crippen molar-refractivity contribution in [2.24, 2.45) is 0 Å². The minimum absolute atomic E-state index is 0.229. The lowest BCUT2D eigenvalue weighted by molar-refractivity contribution is 0.0108. The highest BCUT2D eigenvalue weighted by Gasteiger charge is 2.42. The number of piperazine rings is 1. The molecule has 1 aliphatic rings. The molecule has 0 radical (unpaired) electrons. The fourth-order valence-electron chi connectivity index (χ4n) is 3.45. The molecule has 1 heterocycles. The Morgan fingerprint density at radius 2 is 1.57 bits per heavy atom. The van der Waals surface area contributed by atoms with Crippen molar-refractivity contribution in [3.63, 3.8) is 0 Å². The van der Waals surface area contributed by atoms with Crippen LogP contribution in [0.1, 0.15) is 48.0 Å². The van der Waals surface area contributed by atoms with Crippen molar-refractivity contribution in [2.45, 2.75) is 65.6 Å². The van der Waals surface area contributed by atoms with Gasteiger partial charge in [-0.05, 0) is 54.5 Å². The van der Waals surface area contributed by atoms with Crippen LogP contribution in [-0.2, 0) is 13.3 Å². The van der Waals surface area contributed by atoms with Crippen LogP contribution >= 0.6 is 0 Å². The van der Waals surface area contributed by atoms with E-state index < -0.39 is 8.80 Å². The molecule has 0 aromatic heterocycles. The average Bonchev–Trinajstić information content (AvgIpc) is 2.48. The summed E-state index contributed by atoms with van der Waals surface area (Å²) < 4.78 is 20.5. The monoisotopic (exact) mass is 362 g/mol. The van der Waals surface area contributed by atoms with Gasteiger partial charge in [0.25, 0.3) is 0 Å². The molecule has 1 fully saturated rings. The Hall–Kier alpha value is 0.234. The molecule has 1 saturated heterocycles. The fourth-order valence-corrected chi connectivity index (χ4v) is 6.88. The van der Waals surface area contributed by atoms with E-state index in [2.05, 4.69) is 30.2 Å². The maximum Gasteiger partial charge on any atom is 0.500 e. The zero-order chi connectivity index (χ0) is 17.5. The summed E-state index contributed by atoms with van der Waals surface area (Å²) in [5.74, 6) is 0.